The van der Waals surface area contributed by atoms with Gasteiger partial charge in [-0.2, -0.15) is 0 Å². The van der Waals surface area contributed by atoms with Crippen LogP contribution < -0.4 is 10.1 Å². The van der Waals surface area contributed by atoms with Gasteiger partial charge in [-0.3, -0.25) is 9.69 Å². The maximum atomic E-state index is 12.8. The normalized spacial score (nSPS) is 24.6. The number of hydrogen-bond donors (Lipinski definition) is 1. The second kappa shape index (κ2) is 7.00. The van der Waals surface area contributed by atoms with Crippen LogP contribution >= 0.6 is 0 Å². The van der Waals surface area contributed by atoms with Gasteiger partial charge in [0.25, 0.3) is 0 Å². The highest BCUT2D eigenvalue weighted by Crippen LogP contribution is 2.20. The average Bonchev–Trinajstić information content (AvgIpc) is 2.75. The smallest absolute Gasteiger partial charge is 0.316 e. The van der Waals surface area contributed by atoms with E-state index in [0.29, 0.717) is 0 Å². The van der Waals surface area contributed by atoms with E-state index in [9.17, 15) is 9.18 Å². The maximum absolute atomic E-state index is 12.8. The van der Waals surface area contributed by atoms with Crippen LogP contribution in [0.15, 0.2) is 12.4 Å². The number of nitrogens with one attached hydrogen (secondary N) is 1. The molecule has 120 valence electrons. The van der Waals surface area contributed by atoms with Gasteiger partial charge in [0.05, 0.1) is 18.4 Å². The van der Waals surface area contributed by atoms with Crippen LogP contribution in [0.5, 0.6) is 6.01 Å². The predicted octanol–water partition coefficient (Wildman–Crippen LogP) is 1.13. The number of likely N-dealkylation sites (tertiary alicyclic amines) is 1. The number of rotatable bonds is 3. The van der Waals surface area contributed by atoms with Crippen molar-refractivity contribution in [1.29, 1.82) is 0 Å². The van der Waals surface area contributed by atoms with Gasteiger partial charge in [-0.1, -0.05) is 0 Å². The summed E-state index contributed by atoms with van der Waals surface area (Å²) in [5, 5.41) is 2.98. The summed E-state index contributed by atoms with van der Waals surface area (Å²) in [5.74, 6) is -0.319. The van der Waals surface area contributed by atoms with Crippen molar-refractivity contribution in [2.75, 3.05) is 19.6 Å². The molecule has 1 aromatic heterocycles. The molecule has 1 atom stereocenters. The van der Waals surface area contributed by atoms with Crippen LogP contribution in [0.2, 0.25) is 0 Å². The Morgan fingerprint density at radius 3 is 2.64 bits per heavy atom. The average molecular weight is 308 g/mol. The molecule has 0 radical (unpaired) electrons. The van der Waals surface area contributed by atoms with E-state index in [0.717, 1.165) is 64.1 Å². The lowest BCUT2D eigenvalue weighted by Crippen LogP contribution is -2.50. The van der Waals surface area contributed by atoms with E-state index in [1.165, 1.54) is 0 Å². The molecular weight excluding hydrogens is 287 g/mol. The maximum Gasteiger partial charge on any atom is 0.316 e. The molecule has 3 heterocycles. The van der Waals surface area contributed by atoms with Gasteiger partial charge in [-0.05, 0) is 32.1 Å². The third-order valence-corrected chi connectivity index (χ3v) is 4.29. The summed E-state index contributed by atoms with van der Waals surface area (Å²) in [4.78, 5) is 22.0. The van der Waals surface area contributed by atoms with Gasteiger partial charge < -0.3 is 10.1 Å². The molecule has 1 unspecified atom stereocenters. The van der Waals surface area contributed by atoms with Crippen molar-refractivity contribution in [3.8, 4) is 6.01 Å². The molecule has 2 fully saturated rings. The molecule has 6 nitrogen and oxygen atoms in total. The molecule has 2 aliphatic rings. The Balaban J connectivity index is 1.51. The lowest BCUT2D eigenvalue weighted by molar-refractivity contribution is -0.127. The van der Waals surface area contributed by atoms with E-state index >= 15 is 0 Å². The molecule has 1 N–H and O–H groups in total. The first-order valence-corrected chi connectivity index (χ1v) is 7.88. The fourth-order valence-corrected chi connectivity index (χ4v) is 3.09. The number of aromatic nitrogens is 2. The zero-order valence-electron chi connectivity index (χ0n) is 12.5. The van der Waals surface area contributed by atoms with Gasteiger partial charge in [0.2, 0.25) is 5.91 Å². The number of piperidine rings is 1. The first-order chi connectivity index (χ1) is 10.7. The van der Waals surface area contributed by atoms with Crippen molar-refractivity contribution in [1.82, 2.24) is 20.2 Å². The predicted molar refractivity (Wildman–Crippen MR) is 77.9 cm³/mol. The van der Waals surface area contributed by atoms with Gasteiger partial charge >= 0.3 is 6.01 Å². The SMILES string of the molecule is O=C1NCCCCC1N1CCC(Oc2ncc(F)cn2)CC1. The number of amides is 1. The second-order valence-corrected chi connectivity index (χ2v) is 5.84. The highest BCUT2D eigenvalue weighted by Gasteiger charge is 2.31. The fourth-order valence-electron chi connectivity index (χ4n) is 3.09. The summed E-state index contributed by atoms with van der Waals surface area (Å²) in [5.41, 5.74) is 0. The van der Waals surface area contributed by atoms with Crippen molar-refractivity contribution in [3.05, 3.63) is 18.2 Å². The zero-order chi connectivity index (χ0) is 15.4. The molecule has 2 saturated heterocycles. The van der Waals surface area contributed by atoms with Crippen molar-refractivity contribution in [2.24, 2.45) is 0 Å². The number of nitrogens with zero attached hydrogens (tertiary/aromatic N) is 3. The summed E-state index contributed by atoms with van der Waals surface area (Å²) < 4.78 is 18.4. The van der Waals surface area contributed by atoms with Gasteiger partial charge in [-0.25, -0.2) is 14.4 Å². The Morgan fingerprint density at radius 2 is 1.91 bits per heavy atom. The molecule has 3 rings (SSSR count). The van der Waals surface area contributed by atoms with Crippen molar-refractivity contribution >= 4 is 5.91 Å². The lowest BCUT2D eigenvalue weighted by atomic mass is 10.0. The summed E-state index contributed by atoms with van der Waals surface area (Å²) >= 11 is 0. The molecule has 2 aliphatic heterocycles. The molecule has 0 aliphatic carbocycles. The summed E-state index contributed by atoms with van der Waals surface area (Å²) in [6.07, 6.45) is 6.96. The minimum Gasteiger partial charge on any atom is -0.460 e. The Hall–Kier alpha value is -1.76. The van der Waals surface area contributed by atoms with E-state index in [1.54, 1.807) is 0 Å². The van der Waals surface area contributed by atoms with E-state index < -0.39 is 5.82 Å². The minimum atomic E-state index is -0.471. The summed E-state index contributed by atoms with van der Waals surface area (Å²) in [7, 11) is 0. The first-order valence-electron chi connectivity index (χ1n) is 7.88. The highest BCUT2D eigenvalue weighted by atomic mass is 19.1. The van der Waals surface area contributed by atoms with E-state index in [2.05, 4.69) is 20.2 Å². The number of halogens is 1. The Labute approximate surface area is 129 Å². The fraction of sp³-hybridized carbons (Fsp3) is 0.667. The quantitative estimate of drug-likeness (QED) is 0.906. The van der Waals surface area contributed by atoms with Crippen LogP contribution in [-0.4, -0.2) is 52.6 Å². The van der Waals surface area contributed by atoms with Gasteiger partial charge in [0, 0.05) is 19.6 Å². The summed E-state index contributed by atoms with van der Waals surface area (Å²) in [6.45, 7) is 2.44. The minimum absolute atomic E-state index is 0.00878. The van der Waals surface area contributed by atoms with Crippen LogP contribution in [0, 0.1) is 5.82 Å². The lowest BCUT2D eigenvalue weighted by Gasteiger charge is -2.35. The zero-order valence-corrected chi connectivity index (χ0v) is 12.5. The van der Waals surface area contributed by atoms with Crippen LogP contribution in [-0.2, 0) is 4.79 Å². The third-order valence-electron chi connectivity index (χ3n) is 4.29. The number of hydrogen-bond acceptors (Lipinski definition) is 5. The second-order valence-electron chi connectivity index (χ2n) is 5.84. The van der Waals surface area contributed by atoms with Gasteiger partial charge in [0.1, 0.15) is 6.10 Å². The van der Waals surface area contributed by atoms with Gasteiger partial charge in [0.15, 0.2) is 5.82 Å². The Kier molecular flexibility index (Phi) is 4.82. The molecule has 0 spiro atoms. The number of ether oxygens (including phenoxy) is 1. The number of carbonyl (C=O) groups excluding carboxylic acids is 1. The molecule has 7 heteroatoms. The van der Waals surface area contributed by atoms with E-state index in [1.807, 2.05) is 0 Å². The summed E-state index contributed by atoms with van der Waals surface area (Å²) in [6, 6.07) is 0.206. The molecule has 22 heavy (non-hydrogen) atoms. The Morgan fingerprint density at radius 1 is 1.18 bits per heavy atom. The highest BCUT2D eigenvalue weighted by molar-refractivity contribution is 5.81. The van der Waals surface area contributed by atoms with Gasteiger partial charge in [-0.15, -0.1) is 0 Å². The number of carbonyl (C=O) groups is 1. The largest absolute Gasteiger partial charge is 0.460 e. The third kappa shape index (κ3) is 3.71. The molecule has 1 amide bonds. The van der Waals surface area contributed by atoms with E-state index in [-0.39, 0.29) is 24.1 Å². The Bertz CT molecular complexity index is 503. The molecule has 0 bridgehead atoms. The van der Waals surface area contributed by atoms with Crippen LogP contribution in [0.3, 0.4) is 0 Å². The topological polar surface area (TPSA) is 67.4 Å². The van der Waals surface area contributed by atoms with Crippen molar-refractivity contribution in [3.63, 3.8) is 0 Å². The van der Waals surface area contributed by atoms with Crippen molar-refractivity contribution in [2.45, 2.75) is 44.2 Å². The standard InChI is InChI=1S/C15H21FN4O2/c16-11-9-18-15(19-10-11)22-12-4-7-20(8-5-12)13-3-1-2-6-17-14(13)21/h9-10,12-13H,1-8H2,(H,17,21). The van der Waals surface area contributed by atoms with Crippen LogP contribution in [0.4, 0.5) is 4.39 Å². The first kappa shape index (κ1) is 15.1. The van der Waals surface area contributed by atoms with Crippen molar-refractivity contribution < 1.29 is 13.9 Å². The molecule has 1 aromatic rings. The van der Waals surface area contributed by atoms with E-state index in [4.69, 9.17) is 4.74 Å². The molecule has 0 aromatic carbocycles. The van der Waals surface area contributed by atoms with Crippen LogP contribution in [0.1, 0.15) is 32.1 Å². The molecule has 0 saturated carbocycles. The van der Waals surface area contributed by atoms with Crippen LogP contribution in [0.25, 0.3) is 0 Å². The monoisotopic (exact) mass is 308 g/mol. The molecular formula is C15H21FN4O2.